The first kappa shape index (κ1) is 13.6. The Bertz CT molecular complexity index is 652. The van der Waals surface area contributed by atoms with E-state index in [2.05, 4.69) is 15.5 Å². The van der Waals surface area contributed by atoms with Gasteiger partial charge in [-0.3, -0.25) is 5.32 Å². The summed E-state index contributed by atoms with van der Waals surface area (Å²) in [6, 6.07) is 6.96. The lowest BCUT2D eigenvalue weighted by atomic mass is 9.99. The second kappa shape index (κ2) is 5.92. The summed E-state index contributed by atoms with van der Waals surface area (Å²) in [7, 11) is 0. The lowest BCUT2D eigenvalue weighted by Crippen LogP contribution is -2.37. The molecule has 2 heterocycles. The smallest absolute Gasteiger partial charge is 0.323 e. The minimum atomic E-state index is -0.159. The molecule has 3 rings (SSSR count). The summed E-state index contributed by atoms with van der Waals surface area (Å²) in [5, 5.41) is 20.0. The molecule has 2 N–H and O–H groups in total. The van der Waals surface area contributed by atoms with E-state index in [0.29, 0.717) is 18.2 Å². The van der Waals surface area contributed by atoms with Gasteiger partial charge in [0, 0.05) is 13.1 Å². The van der Waals surface area contributed by atoms with Crippen LogP contribution in [0.3, 0.4) is 0 Å². The number of carbonyl (C=O) groups is 1. The minimum Gasteiger partial charge on any atom is -0.508 e. The summed E-state index contributed by atoms with van der Waals surface area (Å²) in [5.74, 6) is 0.258. The summed E-state index contributed by atoms with van der Waals surface area (Å²) >= 11 is 1.29. The molecule has 6 nitrogen and oxygen atoms in total. The molecule has 0 saturated carbocycles. The molecule has 1 aromatic heterocycles. The fraction of sp³-hybridized carbons (Fsp3) is 0.214. The first-order chi connectivity index (χ1) is 10.2. The molecule has 21 heavy (non-hydrogen) atoms. The van der Waals surface area contributed by atoms with E-state index >= 15 is 0 Å². The Morgan fingerprint density at radius 3 is 2.76 bits per heavy atom. The number of anilines is 1. The van der Waals surface area contributed by atoms with Gasteiger partial charge in [0.15, 0.2) is 0 Å². The Kier molecular flexibility index (Phi) is 3.83. The molecular formula is C14H14N4O2S. The number of benzene rings is 1. The summed E-state index contributed by atoms with van der Waals surface area (Å²) < 4.78 is 0. The van der Waals surface area contributed by atoms with Gasteiger partial charge in [0.2, 0.25) is 5.13 Å². The van der Waals surface area contributed by atoms with Crippen LogP contribution >= 0.6 is 11.3 Å². The summed E-state index contributed by atoms with van der Waals surface area (Å²) in [4.78, 5) is 13.8. The molecule has 7 heteroatoms. The van der Waals surface area contributed by atoms with E-state index in [0.717, 1.165) is 12.0 Å². The van der Waals surface area contributed by atoms with Gasteiger partial charge in [0.1, 0.15) is 11.3 Å². The van der Waals surface area contributed by atoms with Crippen molar-refractivity contribution in [3.05, 3.63) is 41.4 Å². The standard InChI is InChI=1S/C14H14N4O2S/c19-12-3-1-10(2-4-12)11-5-7-18(8-6-11)14(20)16-13-17-15-9-21-13/h1-5,9,19H,6-8H2,(H,16,17,20). The van der Waals surface area contributed by atoms with Crippen molar-refractivity contribution in [3.8, 4) is 5.75 Å². The van der Waals surface area contributed by atoms with Crippen LogP contribution < -0.4 is 5.32 Å². The van der Waals surface area contributed by atoms with E-state index in [1.165, 1.54) is 16.9 Å². The number of amides is 2. The first-order valence-electron chi connectivity index (χ1n) is 6.53. The van der Waals surface area contributed by atoms with E-state index in [1.807, 2.05) is 18.2 Å². The van der Waals surface area contributed by atoms with Crippen molar-refractivity contribution in [3.63, 3.8) is 0 Å². The quantitative estimate of drug-likeness (QED) is 0.893. The van der Waals surface area contributed by atoms with Crippen LogP contribution in [0.2, 0.25) is 0 Å². The largest absolute Gasteiger partial charge is 0.508 e. The van der Waals surface area contributed by atoms with Gasteiger partial charge < -0.3 is 10.0 Å². The van der Waals surface area contributed by atoms with Crippen LogP contribution in [0.25, 0.3) is 5.57 Å². The Labute approximate surface area is 125 Å². The summed E-state index contributed by atoms with van der Waals surface area (Å²) in [5.41, 5.74) is 3.85. The SMILES string of the molecule is O=C(Nc1nncs1)N1CC=C(c2ccc(O)cc2)CC1. The maximum atomic E-state index is 12.0. The number of aromatic hydroxyl groups is 1. The van der Waals surface area contributed by atoms with Crippen molar-refractivity contribution in [1.29, 1.82) is 0 Å². The maximum Gasteiger partial charge on any atom is 0.323 e. The molecule has 0 saturated heterocycles. The van der Waals surface area contributed by atoms with Gasteiger partial charge in [-0.2, -0.15) is 0 Å². The van der Waals surface area contributed by atoms with Crippen LogP contribution in [0.1, 0.15) is 12.0 Å². The number of hydrogen-bond acceptors (Lipinski definition) is 5. The molecule has 0 spiro atoms. The Morgan fingerprint density at radius 2 is 2.14 bits per heavy atom. The second-order valence-corrected chi connectivity index (χ2v) is 5.48. The van der Waals surface area contributed by atoms with Crippen molar-refractivity contribution in [2.24, 2.45) is 0 Å². The number of carbonyl (C=O) groups excluding carboxylic acids is 1. The van der Waals surface area contributed by atoms with Crippen molar-refractivity contribution in [2.45, 2.75) is 6.42 Å². The highest BCUT2D eigenvalue weighted by molar-refractivity contribution is 7.13. The molecule has 108 valence electrons. The predicted octanol–water partition coefficient (Wildman–Crippen LogP) is 2.56. The third-order valence-corrected chi connectivity index (χ3v) is 3.92. The van der Waals surface area contributed by atoms with E-state index in [9.17, 15) is 9.90 Å². The summed E-state index contributed by atoms with van der Waals surface area (Å²) in [6.45, 7) is 1.21. The molecule has 2 aromatic rings. The topological polar surface area (TPSA) is 78.4 Å². The molecule has 0 radical (unpaired) electrons. The van der Waals surface area contributed by atoms with Gasteiger partial charge in [0.25, 0.3) is 0 Å². The number of aromatic nitrogens is 2. The number of phenols is 1. The van der Waals surface area contributed by atoms with Gasteiger partial charge in [-0.1, -0.05) is 29.5 Å². The van der Waals surface area contributed by atoms with Crippen molar-refractivity contribution in [1.82, 2.24) is 15.1 Å². The van der Waals surface area contributed by atoms with Crippen LogP contribution in [0, 0.1) is 0 Å². The monoisotopic (exact) mass is 302 g/mol. The average Bonchev–Trinajstić information content (AvgIpc) is 3.01. The second-order valence-electron chi connectivity index (χ2n) is 4.65. The van der Waals surface area contributed by atoms with E-state index in [1.54, 1.807) is 22.5 Å². The number of urea groups is 1. The highest BCUT2D eigenvalue weighted by Gasteiger charge is 2.18. The van der Waals surface area contributed by atoms with E-state index < -0.39 is 0 Å². The van der Waals surface area contributed by atoms with Gasteiger partial charge in [0.05, 0.1) is 0 Å². The van der Waals surface area contributed by atoms with Crippen LogP contribution in [0.15, 0.2) is 35.9 Å². The zero-order chi connectivity index (χ0) is 14.7. The molecule has 0 fully saturated rings. The number of hydrogen-bond donors (Lipinski definition) is 2. The first-order valence-corrected chi connectivity index (χ1v) is 7.41. The predicted molar refractivity (Wildman–Crippen MR) is 81.2 cm³/mol. The highest BCUT2D eigenvalue weighted by Crippen LogP contribution is 2.24. The molecule has 1 aliphatic heterocycles. The average molecular weight is 302 g/mol. The van der Waals surface area contributed by atoms with Crippen LogP contribution in [0.5, 0.6) is 5.75 Å². The lowest BCUT2D eigenvalue weighted by molar-refractivity contribution is 0.217. The lowest BCUT2D eigenvalue weighted by Gasteiger charge is -2.26. The molecule has 0 unspecified atom stereocenters. The van der Waals surface area contributed by atoms with Crippen molar-refractivity contribution < 1.29 is 9.90 Å². The number of phenolic OH excluding ortho intramolecular Hbond substituents is 1. The Morgan fingerprint density at radius 1 is 1.33 bits per heavy atom. The summed E-state index contributed by atoms with van der Waals surface area (Å²) in [6.07, 6.45) is 2.82. The molecule has 1 aromatic carbocycles. The molecule has 2 amide bonds. The van der Waals surface area contributed by atoms with Crippen molar-refractivity contribution >= 4 is 28.1 Å². The van der Waals surface area contributed by atoms with Gasteiger partial charge >= 0.3 is 6.03 Å². The third-order valence-electron chi connectivity index (χ3n) is 3.31. The van der Waals surface area contributed by atoms with Crippen LogP contribution in [0.4, 0.5) is 9.93 Å². The molecule has 0 bridgehead atoms. The van der Waals surface area contributed by atoms with Crippen LogP contribution in [-0.4, -0.2) is 39.3 Å². The normalized spacial score (nSPS) is 14.7. The molecule has 1 aliphatic rings. The fourth-order valence-electron chi connectivity index (χ4n) is 2.19. The molecule has 0 atom stereocenters. The fourth-order valence-corrected chi connectivity index (χ4v) is 2.62. The minimum absolute atomic E-state index is 0.159. The van der Waals surface area contributed by atoms with Crippen LogP contribution in [-0.2, 0) is 0 Å². The third kappa shape index (κ3) is 3.19. The number of nitrogens with zero attached hydrogens (tertiary/aromatic N) is 3. The zero-order valence-corrected chi connectivity index (χ0v) is 12.0. The van der Waals surface area contributed by atoms with Gasteiger partial charge in [-0.15, -0.1) is 10.2 Å². The van der Waals surface area contributed by atoms with E-state index in [4.69, 9.17) is 0 Å². The van der Waals surface area contributed by atoms with Gasteiger partial charge in [-0.25, -0.2) is 4.79 Å². The molecular weight excluding hydrogens is 288 g/mol. The van der Waals surface area contributed by atoms with E-state index in [-0.39, 0.29) is 11.8 Å². The maximum absolute atomic E-state index is 12.0. The zero-order valence-electron chi connectivity index (χ0n) is 11.2. The molecule has 0 aliphatic carbocycles. The number of nitrogens with one attached hydrogen (secondary N) is 1. The highest BCUT2D eigenvalue weighted by atomic mass is 32.1. The van der Waals surface area contributed by atoms with Gasteiger partial charge in [-0.05, 0) is 29.7 Å². The number of rotatable bonds is 2. The van der Waals surface area contributed by atoms with Crippen molar-refractivity contribution in [2.75, 3.05) is 18.4 Å². The Hall–Kier alpha value is -2.41. The Balaban J connectivity index is 1.63.